The average Bonchev–Trinajstić information content (AvgIpc) is 2.91. The van der Waals surface area contributed by atoms with E-state index < -0.39 is 0 Å². The number of hydrogen-bond donors (Lipinski definition) is 1. The van der Waals surface area contributed by atoms with Gasteiger partial charge in [0.2, 0.25) is 0 Å². The molecule has 0 bridgehead atoms. The number of carbonyl (C=O) groups excluding carboxylic acids is 1. The first-order valence-electron chi connectivity index (χ1n) is 12.0. The van der Waals surface area contributed by atoms with E-state index in [-0.39, 0.29) is 12.1 Å². The Bertz CT molecular complexity index is 1230. The van der Waals surface area contributed by atoms with Crippen molar-refractivity contribution in [3.63, 3.8) is 0 Å². The monoisotopic (exact) mass is 548 g/mol. The number of halogens is 2. The lowest BCUT2D eigenvalue weighted by Gasteiger charge is -2.32. The number of methoxy groups -OCH3 is 2. The summed E-state index contributed by atoms with van der Waals surface area (Å²) >= 11 is 12.2. The highest BCUT2D eigenvalue weighted by Gasteiger charge is 2.22. The van der Waals surface area contributed by atoms with Gasteiger partial charge in [0.15, 0.2) is 11.5 Å². The summed E-state index contributed by atoms with van der Waals surface area (Å²) < 4.78 is 22.4. The molecule has 1 fully saturated rings. The zero-order valence-corrected chi connectivity index (χ0v) is 22.3. The molecule has 2 heterocycles. The Morgan fingerprint density at radius 3 is 2.78 bits per heavy atom. The van der Waals surface area contributed by atoms with Gasteiger partial charge in [-0.1, -0.05) is 23.2 Å². The van der Waals surface area contributed by atoms with Gasteiger partial charge in [-0.2, -0.15) is 0 Å². The number of hydrogen-bond acceptors (Lipinski definition) is 9. The highest BCUT2D eigenvalue weighted by atomic mass is 35.5. The summed E-state index contributed by atoms with van der Waals surface area (Å²) in [4.78, 5) is 22.4. The fourth-order valence-corrected chi connectivity index (χ4v) is 4.42. The molecule has 4 rings (SSSR count). The molecule has 0 aliphatic carbocycles. The topological polar surface area (TPSA) is 95.0 Å². The van der Waals surface area contributed by atoms with E-state index in [4.69, 9.17) is 42.1 Å². The molecule has 1 aliphatic rings. The van der Waals surface area contributed by atoms with Gasteiger partial charge in [0.1, 0.15) is 24.9 Å². The number of benzene rings is 2. The van der Waals surface area contributed by atoms with Crippen LogP contribution in [0.2, 0.25) is 10.0 Å². The van der Waals surface area contributed by atoms with Crippen molar-refractivity contribution in [2.75, 3.05) is 52.4 Å². The molecule has 9 nitrogen and oxygen atoms in total. The Labute approximate surface area is 226 Å². The summed E-state index contributed by atoms with van der Waals surface area (Å²) in [5, 5.41) is 4.96. The van der Waals surface area contributed by atoms with Crippen molar-refractivity contribution in [3.05, 3.63) is 46.7 Å². The first kappa shape index (κ1) is 27.2. The third-order valence-corrected chi connectivity index (χ3v) is 6.82. The molecule has 11 heteroatoms. The standard InChI is InChI=1S/C26H30Cl2N4O5/c1-34-23-12-19-22(29-16-30-26(19)31-17-6-7-20(27)21(28)11-17)13-24(23)37-15-18-14-32(9-10-36-18)8-4-3-5-25(33)35-2/h6-7,11-13,16,18H,3-5,8-10,14-15H2,1-2H3,(H,29,30,31). The SMILES string of the molecule is COC(=O)CCCCN1CCOC(COc2cc3ncnc(Nc4ccc(Cl)c(Cl)c4)c3cc2OC)C1. The average molecular weight is 549 g/mol. The van der Waals surface area contributed by atoms with Crippen LogP contribution in [0.4, 0.5) is 11.5 Å². The van der Waals surface area contributed by atoms with E-state index in [0.29, 0.717) is 52.5 Å². The molecule has 1 saturated heterocycles. The van der Waals surface area contributed by atoms with Gasteiger partial charge < -0.3 is 24.3 Å². The number of anilines is 2. The predicted molar refractivity (Wildman–Crippen MR) is 143 cm³/mol. The van der Waals surface area contributed by atoms with Crippen molar-refractivity contribution in [1.29, 1.82) is 0 Å². The van der Waals surface area contributed by atoms with Crippen molar-refractivity contribution < 1.29 is 23.7 Å². The smallest absolute Gasteiger partial charge is 0.305 e. The number of carbonyl (C=O) groups is 1. The first-order valence-corrected chi connectivity index (χ1v) is 12.8. The van der Waals surface area contributed by atoms with Gasteiger partial charge in [-0.05, 0) is 43.7 Å². The minimum atomic E-state index is -0.167. The van der Waals surface area contributed by atoms with E-state index >= 15 is 0 Å². The second kappa shape index (κ2) is 13.1. The Kier molecular flexibility index (Phi) is 9.62. The van der Waals surface area contributed by atoms with Gasteiger partial charge in [0, 0.05) is 36.7 Å². The summed E-state index contributed by atoms with van der Waals surface area (Å²) in [5.41, 5.74) is 1.45. The Balaban J connectivity index is 1.40. The maximum atomic E-state index is 11.3. The molecule has 3 aromatic rings. The molecular formula is C26H30Cl2N4O5. The lowest BCUT2D eigenvalue weighted by Crippen LogP contribution is -2.45. The molecule has 198 valence electrons. The van der Waals surface area contributed by atoms with Crippen LogP contribution in [0.25, 0.3) is 10.9 Å². The molecule has 1 aromatic heterocycles. The molecule has 1 aliphatic heterocycles. The maximum absolute atomic E-state index is 11.3. The quantitative estimate of drug-likeness (QED) is 0.259. The van der Waals surface area contributed by atoms with E-state index in [1.54, 1.807) is 19.2 Å². The minimum absolute atomic E-state index is 0.0768. The molecule has 0 spiro atoms. The van der Waals surface area contributed by atoms with Gasteiger partial charge >= 0.3 is 5.97 Å². The summed E-state index contributed by atoms with van der Waals surface area (Å²) in [6, 6.07) is 8.96. The molecule has 0 saturated carbocycles. The number of nitrogens with one attached hydrogen (secondary N) is 1. The van der Waals surface area contributed by atoms with Crippen molar-refractivity contribution in [2.45, 2.75) is 25.4 Å². The van der Waals surface area contributed by atoms with Crippen molar-refractivity contribution in [1.82, 2.24) is 14.9 Å². The van der Waals surface area contributed by atoms with Crippen LogP contribution < -0.4 is 14.8 Å². The van der Waals surface area contributed by atoms with Gasteiger partial charge in [0.05, 0.1) is 36.4 Å². The molecule has 1 unspecified atom stereocenters. The number of nitrogens with zero attached hydrogens (tertiary/aromatic N) is 3. The number of ether oxygens (including phenoxy) is 4. The minimum Gasteiger partial charge on any atom is -0.493 e. The number of rotatable bonds is 11. The number of aromatic nitrogens is 2. The van der Waals surface area contributed by atoms with Crippen LogP contribution in [-0.4, -0.2) is 74.0 Å². The molecule has 0 radical (unpaired) electrons. The lowest BCUT2D eigenvalue weighted by atomic mass is 10.2. The van der Waals surface area contributed by atoms with Gasteiger partial charge in [-0.3, -0.25) is 9.69 Å². The second-order valence-electron chi connectivity index (χ2n) is 8.63. The summed E-state index contributed by atoms with van der Waals surface area (Å²) in [6.07, 6.45) is 3.60. The normalized spacial score (nSPS) is 15.9. The van der Waals surface area contributed by atoms with Gasteiger partial charge in [-0.15, -0.1) is 0 Å². The second-order valence-corrected chi connectivity index (χ2v) is 9.45. The Morgan fingerprint density at radius 1 is 1.14 bits per heavy atom. The molecule has 1 atom stereocenters. The van der Waals surface area contributed by atoms with Crippen LogP contribution in [-0.2, 0) is 14.3 Å². The zero-order valence-electron chi connectivity index (χ0n) is 20.8. The van der Waals surface area contributed by atoms with E-state index in [0.717, 1.165) is 43.5 Å². The van der Waals surface area contributed by atoms with Crippen LogP contribution in [0.1, 0.15) is 19.3 Å². The van der Waals surface area contributed by atoms with E-state index in [2.05, 4.69) is 20.2 Å². The van der Waals surface area contributed by atoms with Crippen LogP contribution in [0, 0.1) is 0 Å². The van der Waals surface area contributed by atoms with Gasteiger partial charge in [-0.25, -0.2) is 9.97 Å². The largest absolute Gasteiger partial charge is 0.493 e. The molecule has 0 amide bonds. The number of fused-ring (bicyclic) bond motifs is 1. The van der Waals surface area contributed by atoms with E-state index in [1.807, 2.05) is 18.2 Å². The van der Waals surface area contributed by atoms with Crippen molar-refractivity contribution >= 4 is 51.6 Å². The van der Waals surface area contributed by atoms with E-state index in [9.17, 15) is 4.79 Å². The Hall–Kier alpha value is -2.85. The van der Waals surface area contributed by atoms with Gasteiger partial charge in [0.25, 0.3) is 0 Å². The third-order valence-electron chi connectivity index (χ3n) is 6.08. The Morgan fingerprint density at radius 2 is 2.00 bits per heavy atom. The highest BCUT2D eigenvalue weighted by molar-refractivity contribution is 6.42. The first-order chi connectivity index (χ1) is 18.0. The molecule has 37 heavy (non-hydrogen) atoms. The van der Waals surface area contributed by atoms with Crippen LogP contribution >= 0.6 is 23.2 Å². The third kappa shape index (κ3) is 7.35. The van der Waals surface area contributed by atoms with E-state index in [1.165, 1.54) is 13.4 Å². The number of morpholine rings is 1. The predicted octanol–water partition coefficient (Wildman–Crippen LogP) is 5.11. The summed E-state index contributed by atoms with van der Waals surface area (Å²) in [5.74, 6) is 1.58. The molecule has 1 N–H and O–H groups in total. The maximum Gasteiger partial charge on any atom is 0.305 e. The molecule has 2 aromatic carbocycles. The lowest BCUT2D eigenvalue weighted by molar-refractivity contribution is -0.140. The number of esters is 1. The summed E-state index contributed by atoms with van der Waals surface area (Å²) in [6.45, 7) is 3.53. The highest BCUT2D eigenvalue weighted by Crippen LogP contribution is 2.35. The fraction of sp³-hybridized carbons (Fsp3) is 0.423. The van der Waals surface area contributed by atoms with Crippen LogP contribution in [0.3, 0.4) is 0 Å². The summed E-state index contributed by atoms with van der Waals surface area (Å²) in [7, 11) is 3.01. The zero-order chi connectivity index (χ0) is 26.2. The van der Waals surface area contributed by atoms with Crippen molar-refractivity contribution in [3.8, 4) is 11.5 Å². The van der Waals surface area contributed by atoms with Crippen LogP contribution in [0.5, 0.6) is 11.5 Å². The number of unbranched alkanes of at least 4 members (excludes halogenated alkanes) is 1. The van der Waals surface area contributed by atoms with Crippen molar-refractivity contribution in [2.24, 2.45) is 0 Å². The van der Waals surface area contributed by atoms with Crippen LogP contribution in [0.15, 0.2) is 36.7 Å². The fourth-order valence-electron chi connectivity index (χ4n) is 4.12. The molecular weight excluding hydrogens is 519 g/mol.